The first kappa shape index (κ1) is 16.5. The minimum absolute atomic E-state index is 0.0491. The number of anilines is 3. The van der Waals surface area contributed by atoms with Gasteiger partial charge in [0.15, 0.2) is 5.82 Å². The van der Waals surface area contributed by atoms with Crippen LogP contribution in [0.3, 0.4) is 0 Å². The van der Waals surface area contributed by atoms with Crippen molar-refractivity contribution >= 4 is 17.6 Å². The molecule has 2 aromatic carbocycles. The molecule has 0 saturated heterocycles. The zero-order valence-corrected chi connectivity index (χ0v) is 14.0. The molecule has 3 N–H and O–H groups in total. The number of rotatable bonds is 5. The summed E-state index contributed by atoms with van der Waals surface area (Å²) in [6.45, 7) is 0.171. The molecule has 0 aliphatic rings. The quantitative estimate of drug-likeness (QED) is 0.553. The van der Waals surface area contributed by atoms with Gasteiger partial charge >= 0.3 is 0 Å². The van der Waals surface area contributed by atoms with Gasteiger partial charge < -0.3 is 11.1 Å². The third-order valence-corrected chi connectivity index (χ3v) is 3.57. The summed E-state index contributed by atoms with van der Waals surface area (Å²) in [6.07, 6.45) is 0. The van der Waals surface area contributed by atoms with Crippen molar-refractivity contribution in [3.05, 3.63) is 66.2 Å². The van der Waals surface area contributed by atoms with Crippen molar-refractivity contribution in [2.45, 2.75) is 6.54 Å². The van der Waals surface area contributed by atoms with Gasteiger partial charge in [0.05, 0.1) is 0 Å². The van der Waals surface area contributed by atoms with Crippen molar-refractivity contribution in [1.29, 1.82) is 0 Å². The molecule has 2 heterocycles. The molecule has 0 spiro atoms. The third-order valence-electron chi connectivity index (χ3n) is 3.57. The van der Waals surface area contributed by atoms with Gasteiger partial charge in [0.25, 0.3) is 0 Å². The topological polar surface area (TPSA) is 120 Å². The van der Waals surface area contributed by atoms with Crippen LogP contribution >= 0.6 is 0 Å². The lowest BCUT2D eigenvalue weighted by atomic mass is 10.2. The van der Waals surface area contributed by atoms with E-state index in [0.717, 1.165) is 5.56 Å². The summed E-state index contributed by atoms with van der Waals surface area (Å²) in [4.78, 5) is 13.8. The average Bonchev–Trinajstić information content (AvgIpc) is 3.12. The summed E-state index contributed by atoms with van der Waals surface area (Å²) in [5, 5.41) is 15.3. The van der Waals surface area contributed by atoms with E-state index < -0.39 is 0 Å². The van der Waals surface area contributed by atoms with Crippen molar-refractivity contribution in [1.82, 2.24) is 35.2 Å². The number of nitrogens with one attached hydrogen (secondary N) is 1. The Bertz CT molecular complexity index is 1050. The molecule has 27 heavy (non-hydrogen) atoms. The Morgan fingerprint density at radius 1 is 0.963 bits per heavy atom. The van der Waals surface area contributed by atoms with E-state index in [2.05, 4.69) is 35.7 Å². The highest BCUT2D eigenvalue weighted by Gasteiger charge is 2.10. The molecule has 2 aromatic heterocycles. The highest BCUT2D eigenvalue weighted by atomic mass is 19.1. The average molecular weight is 363 g/mol. The summed E-state index contributed by atoms with van der Waals surface area (Å²) < 4.78 is 13.0. The number of aromatic nitrogens is 7. The van der Waals surface area contributed by atoms with E-state index in [4.69, 9.17) is 5.73 Å². The maximum Gasteiger partial charge on any atom is 0.232 e. The fourth-order valence-electron chi connectivity index (χ4n) is 2.37. The number of nitrogens with zero attached hydrogens (tertiary/aromatic N) is 7. The molecule has 134 valence electrons. The Morgan fingerprint density at radius 3 is 2.52 bits per heavy atom. The molecule has 0 unspecified atom stereocenters. The van der Waals surface area contributed by atoms with Crippen LogP contribution in [0.25, 0.3) is 11.4 Å². The Hall–Kier alpha value is -3.95. The molecule has 0 radical (unpaired) electrons. The van der Waals surface area contributed by atoms with Gasteiger partial charge in [-0.3, -0.25) is 0 Å². The lowest BCUT2D eigenvalue weighted by Gasteiger charge is -2.07. The van der Waals surface area contributed by atoms with Gasteiger partial charge in [-0.15, -0.1) is 10.2 Å². The summed E-state index contributed by atoms with van der Waals surface area (Å²) in [6, 6.07) is 15.3. The predicted molar refractivity (Wildman–Crippen MR) is 96.3 cm³/mol. The van der Waals surface area contributed by atoms with Crippen LogP contribution in [-0.4, -0.2) is 35.2 Å². The zero-order chi connectivity index (χ0) is 18.6. The Balaban J connectivity index is 1.53. The molecule has 10 heteroatoms. The first-order valence-corrected chi connectivity index (χ1v) is 8.02. The van der Waals surface area contributed by atoms with Crippen molar-refractivity contribution < 1.29 is 4.39 Å². The largest absolute Gasteiger partial charge is 0.368 e. The first-order valence-electron chi connectivity index (χ1n) is 8.02. The standard InChI is InChI=1S/C17H14FN9/c18-12-6-8-13(9-7-12)20-17-22-14(21-16(19)23-17)10-27-25-15(24-26-27)11-4-2-1-3-5-11/h1-9H,10H2,(H3,19,20,21,22,23). The molecule has 4 rings (SSSR count). The first-order chi connectivity index (χ1) is 13.2. The van der Waals surface area contributed by atoms with Gasteiger partial charge in [-0.05, 0) is 29.5 Å². The van der Waals surface area contributed by atoms with Crippen LogP contribution in [0, 0.1) is 5.82 Å². The molecule has 0 fully saturated rings. The SMILES string of the molecule is Nc1nc(Cn2nnc(-c3ccccc3)n2)nc(Nc2ccc(F)cc2)n1. The molecular weight excluding hydrogens is 349 g/mol. The predicted octanol–water partition coefficient (Wildman–Crippen LogP) is 2.04. The molecule has 0 amide bonds. The number of tetrazole rings is 1. The van der Waals surface area contributed by atoms with E-state index in [1.165, 1.54) is 16.9 Å². The van der Waals surface area contributed by atoms with E-state index in [-0.39, 0.29) is 24.3 Å². The molecule has 0 aliphatic heterocycles. The molecule has 0 atom stereocenters. The Labute approximate surface area is 153 Å². The second-order valence-corrected chi connectivity index (χ2v) is 5.57. The molecule has 4 aromatic rings. The number of benzene rings is 2. The fraction of sp³-hybridized carbons (Fsp3) is 0.0588. The maximum absolute atomic E-state index is 13.0. The van der Waals surface area contributed by atoms with Gasteiger partial charge in [0.2, 0.25) is 17.7 Å². The number of hydrogen-bond acceptors (Lipinski definition) is 8. The Kier molecular flexibility index (Phi) is 4.35. The van der Waals surface area contributed by atoms with Crippen molar-refractivity contribution in [2.75, 3.05) is 11.1 Å². The van der Waals surface area contributed by atoms with E-state index in [9.17, 15) is 4.39 Å². The third kappa shape index (κ3) is 4.00. The number of halogens is 1. The zero-order valence-electron chi connectivity index (χ0n) is 14.0. The van der Waals surface area contributed by atoms with E-state index in [0.29, 0.717) is 17.3 Å². The number of nitrogens with two attached hydrogens (primary N) is 1. The molecular formula is C17H14FN9. The molecule has 0 saturated carbocycles. The fourth-order valence-corrected chi connectivity index (χ4v) is 2.37. The van der Waals surface area contributed by atoms with Crippen LogP contribution in [0.15, 0.2) is 54.6 Å². The van der Waals surface area contributed by atoms with Crippen molar-refractivity contribution in [3.8, 4) is 11.4 Å². The minimum Gasteiger partial charge on any atom is -0.368 e. The highest BCUT2D eigenvalue weighted by molar-refractivity contribution is 5.54. The number of hydrogen-bond donors (Lipinski definition) is 2. The van der Waals surface area contributed by atoms with Gasteiger partial charge in [-0.2, -0.15) is 19.7 Å². The highest BCUT2D eigenvalue weighted by Crippen LogP contribution is 2.15. The number of nitrogen functional groups attached to an aromatic ring is 1. The molecule has 0 bridgehead atoms. The second-order valence-electron chi connectivity index (χ2n) is 5.57. The van der Waals surface area contributed by atoms with Gasteiger partial charge in [-0.1, -0.05) is 30.3 Å². The lowest BCUT2D eigenvalue weighted by Crippen LogP contribution is -2.12. The van der Waals surface area contributed by atoms with E-state index in [1.54, 1.807) is 12.1 Å². The summed E-state index contributed by atoms with van der Waals surface area (Å²) in [5.41, 5.74) is 7.24. The smallest absolute Gasteiger partial charge is 0.232 e. The maximum atomic E-state index is 13.0. The Morgan fingerprint density at radius 2 is 1.74 bits per heavy atom. The second kappa shape index (κ2) is 7.12. The summed E-state index contributed by atoms with van der Waals surface area (Å²) in [7, 11) is 0. The van der Waals surface area contributed by atoms with E-state index >= 15 is 0 Å². The minimum atomic E-state index is -0.331. The van der Waals surface area contributed by atoms with Crippen LogP contribution in [0.4, 0.5) is 22.0 Å². The van der Waals surface area contributed by atoms with Crippen LogP contribution in [0.1, 0.15) is 5.82 Å². The van der Waals surface area contributed by atoms with E-state index in [1.807, 2.05) is 30.3 Å². The summed E-state index contributed by atoms with van der Waals surface area (Å²) in [5.74, 6) is 0.829. The van der Waals surface area contributed by atoms with Gasteiger partial charge in [-0.25, -0.2) is 4.39 Å². The summed E-state index contributed by atoms with van der Waals surface area (Å²) >= 11 is 0. The lowest BCUT2D eigenvalue weighted by molar-refractivity contribution is 0.554. The van der Waals surface area contributed by atoms with Gasteiger partial charge in [0, 0.05) is 11.3 Å². The van der Waals surface area contributed by atoms with Gasteiger partial charge in [0.1, 0.15) is 12.4 Å². The van der Waals surface area contributed by atoms with Crippen LogP contribution < -0.4 is 11.1 Å². The van der Waals surface area contributed by atoms with Crippen molar-refractivity contribution in [3.63, 3.8) is 0 Å². The molecule has 9 nitrogen and oxygen atoms in total. The monoisotopic (exact) mass is 363 g/mol. The van der Waals surface area contributed by atoms with Crippen molar-refractivity contribution in [2.24, 2.45) is 0 Å². The van der Waals surface area contributed by atoms with Crippen LogP contribution in [-0.2, 0) is 6.54 Å². The van der Waals surface area contributed by atoms with Crippen LogP contribution in [0.2, 0.25) is 0 Å². The normalized spacial score (nSPS) is 10.7. The molecule has 0 aliphatic carbocycles. The van der Waals surface area contributed by atoms with Crippen LogP contribution in [0.5, 0.6) is 0 Å².